The van der Waals surface area contributed by atoms with Gasteiger partial charge >= 0.3 is 0 Å². The van der Waals surface area contributed by atoms with Gasteiger partial charge in [-0.3, -0.25) is 4.79 Å². The predicted octanol–water partition coefficient (Wildman–Crippen LogP) is 3.77. The van der Waals surface area contributed by atoms with Gasteiger partial charge in [0.05, 0.1) is 14.1 Å². The van der Waals surface area contributed by atoms with Gasteiger partial charge in [0.15, 0.2) is 0 Å². The minimum absolute atomic E-state index is 0.0506. The number of carbonyl (C=O) groups is 1. The number of nitrogens with one attached hydrogen (secondary N) is 1. The zero-order valence-electron chi connectivity index (χ0n) is 13.1. The molecule has 1 atom stereocenters. The molecule has 2 aromatic rings. The summed E-state index contributed by atoms with van der Waals surface area (Å²) in [5, 5.41) is 4.75. The molecule has 2 bridgehead atoms. The molecule has 2 aromatic heterocycles. The van der Waals surface area contributed by atoms with Crippen molar-refractivity contribution in [1.82, 2.24) is 15.2 Å². The van der Waals surface area contributed by atoms with Crippen LogP contribution in [-0.4, -0.2) is 41.5 Å². The largest absolute Gasteiger partial charge is 0.347 e. The Hall–Kier alpha value is -1.08. The monoisotopic (exact) mass is 379 g/mol. The Kier molecular flexibility index (Phi) is 4.81. The molecule has 0 radical (unpaired) electrons. The van der Waals surface area contributed by atoms with Crippen LogP contribution in [0.2, 0.25) is 5.02 Å². The first-order valence-corrected chi connectivity index (χ1v) is 10.1. The molecule has 3 aliphatic rings. The molecule has 0 aliphatic carbocycles. The van der Waals surface area contributed by atoms with Gasteiger partial charge in [0.25, 0.3) is 5.91 Å². The van der Waals surface area contributed by atoms with Gasteiger partial charge in [-0.25, -0.2) is 4.98 Å². The minimum atomic E-state index is 0.0506. The van der Waals surface area contributed by atoms with E-state index >= 15 is 0 Å². The van der Waals surface area contributed by atoms with Crippen molar-refractivity contribution in [2.75, 3.05) is 19.6 Å². The quantitative estimate of drug-likeness (QED) is 0.878. The lowest BCUT2D eigenvalue weighted by Crippen LogP contribution is -2.57. The van der Waals surface area contributed by atoms with E-state index in [0.29, 0.717) is 17.0 Å². The molecular formula is C17H18ClN3OS2. The van der Waals surface area contributed by atoms with Crippen LogP contribution in [0.1, 0.15) is 22.5 Å². The number of hydrogen-bond acceptors (Lipinski definition) is 5. The summed E-state index contributed by atoms with van der Waals surface area (Å²) >= 11 is 8.92. The Morgan fingerprint density at radius 1 is 1.29 bits per heavy atom. The standard InChI is InChI=1S/C17H18ClN3OS2/c18-12-1-3-15(19-9-12)24-16-4-2-14(23-16)17(22)20-13-10-21-7-5-11(13)6-8-21/h1-4,9,11,13H,5-8,10H2,(H,20,22). The first-order chi connectivity index (χ1) is 11.7. The number of hydrogen-bond donors (Lipinski definition) is 1. The number of carbonyl (C=O) groups excluding carboxylic acids is 1. The number of amides is 1. The lowest BCUT2D eigenvalue weighted by atomic mass is 9.84. The molecule has 5 rings (SSSR count). The van der Waals surface area contributed by atoms with Gasteiger partial charge in [-0.2, -0.15) is 0 Å². The molecule has 126 valence electrons. The summed E-state index contributed by atoms with van der Waals surface area (Å²) in [5.41, 5.74) is 0. The van der Waals surface area contributed by atoms with E-state index in [-0.39, 0.29) is 5.91 Å². The summed E-state index contributed by atoms with van der Waals surface area (Å²) in [4.78, 5) is 20.0. The maximum Gasteiger partial charge on any atom is 0.261 e. The molecule has 1 unspecified atom stereocenters. The third-order valence-corrected chi connectivity index (χ3v) is 7.07. The Bertz CT molecular complexity index is 726. The molecule has 1 amide bonds. The van der Waals surface area contributed by atoms with Crippen molar-refractivity contribution in [3.05, 3.63) is 40.4 Å². The molecule has 7 heteroatoms. The van der Waals surface area contributed by atoms with Gasteiger partial charge in [-0.05, 0) is 56.1 Å². The van der Waals surface area contributed by atoms with E-state index < -0.39 is 0 Å². The zero-order chi connectivity index (χ0) is 16.5. The molecule has 24 heavy (non-hydrogen) atoms. The van der Waals surface area contributed by atoms with Gasteiger partial charge in [0.1, 0.15) is 5.03 Å². The van der Waals surface area contributed by atoms with Crippen LogP contribution in [0.5, 0.6) is 0 Å². The number of thiophene rings is 1. The highest BCUT2D eigenvalue weighted by molar-refractivity contribution is 8.01. The van der Waals surface area contributed by atoms with Crippen LogP contribution < -0.4 is 5.32 Å². The second-order valence-electron chi connectivity index (χ2n) is 6.25. The van der Waals surface area contributed by atoms with E-state index in [9.17, 15) is 4.79 Å². The van der Waals surface area contributed by atoms with Crippen molar-refractivity contribution in [2.24, 2.45) is 5.92 Å². The molecule has 3 fully saturated rings. The smallest absolute Gasteiger partial charge is 0.261 e. The number of pyridine rings is 1. The maximum absolute atomic E-state index is 12.5. The molecule has 0 saturated carbocycles. The number of fused-ring (bicyclic) bond motifs is 3. The molecular weight excluding hydrogens is 362 g/mol. The molecule has 0 aromatic carbocycles. The zero-order valence-corrected chi connectivity index (χ0v) is 15.5. The van der Waals surface area contributed by atoms with Crippen LogP contribution in [0.25, 0.3) is 0 Å². The minimum Gasteiger partial charge on any atom is -0.347 e. The lowest BCUT2D eigenvalue weighted by molar-refractivity contribution is 0.0622. The Balaban J connectivity index is 1.39. The van der Waals surface area contributed by atoms with Crippen LogP contribution >= 0.6 is 34.7 Å². The van der Waals surface area contributed by atoms with Crippen molar-refractivity contribution in [1.29, 1.82) is 0 Å². The summed E-state index contributed by atoms with van der Waals surface area (Å²) in [6.07, 6.45) is 4.05. The molecule has 3 saturated heterocycles. The van der Waals surface area contributed by atoms with Gasteiger partial charge < -0.3 is 10.2 Å². The summed E-state index contributed by atoms with van der Waals surface area (Å²) in [7, 11) is 0. The van der Waals surface area contributed by atoms with Gasteiger partial charge in [0.2, 0.25) is 0 Å². The normalized spacial score (nSPS) is 25.6. The van der Waals surface area contributed by atoms with Crippen LogP contribution in [0.3, 0.4) is 0 Å². The fraction of sp³-hybridized carbons (Fsp3) is 0.412. The third-order valence-electron chi connectivity index (χ3n) is 4.68. The lowest BCUT2D eigenvalue weighted by Gasteiger charge is -2.44. The molecule has 1 N–H and O–H groups in total. The topological polar surface area (TPSA) is 45.2 Å². The van der Waals surface area contributed by atoms with Crippen molar-refractivity contribution in [3.63, 3.8) is 0 Å². The van der Waals surface area contributed by atoms with Crippen molar-refractivity contribution in [2.45, 2.75) is 28.1 Å². The second kappa shape index (κ2) is 7.04. The van der Waals surface area contributed by atoms with Crippen LogP contribution in [0.4, 0.5) is 0 Å². The van der Waals surface area contributed by atoms with Crippen molar-refractivity contribution < 1.29 is 4.79 Å². The van der Waals surface area contributed by atoms with Crippen LogP contribution in [-0.2, 0) is 0 Å². The number of piperidine rings is 3. The van der Waals surface area contributed by atoms with Gasteiger partial charge in [-0.15, -0.1) is 11.3 Å². The number of nitrogens with zero attached hydrogens (tertiary/aromatic N) is 2. The summed E-state index contributed by atoms with van der Waals surface area (Å²) in [6, 6.07) is 7.90. The average Bonchev–Trinajstić information content (AvgIpc) is 3.07. The number of halogens is 1. The van der Waals surface area contributed by atoms with Gasteiger partial charge in [-0.1, -0.05) is 23.4 Å². The highest BCUT2D eigenvalue weighted by atomic mass is 35.5. The average molecular weight is 380 g/mol. The van der Waals surface area contributed by atoms with Crippen LogP contribution in [0.15, 0.2) is 39.7 Å². The predicted molar refractivity (Wildman–Crippen MR) is 98.1 cm³/mol. The van der Waals surface area contributed by atoms with E-state index in [1.54, 1.807) is 18.0 Å². The molecule has 3 aliphatic heterocycles. The van der Waals surface area contributed by atoms with E-state index in [1.807, 2.05) is 24.3 Å². The first-order valence-electron chi connectivity index (χ1n) is 8.10. The van der Waals surface area contributed by atoms with Gasteiger partial charge in [0, 0.05) is 18.8 Å². The summed E-state index contributed by atoms with van der Waals surface area (Å²) in [6.45, 7) is 3.37. The molecule has 4 nitrogen and oxygen atoms in total. The van der Waals surface area contributed by atoms with E-state index in [1.165, 1.54) is 37.3 Å². The fourth-order valence-electron chi connectivity index (χ4n) is 3.39. The number of rotatable bonds is 4. The van der Waals surface area contributed by atoms with E-state index in [2.05, 4.69) is 15.2 Å². The fourth-order valence-corrected chi connectivity index (χ4v) is 5.42. The first kappa shape index (κ1) is 16.4. The highest BCUT2D eigenvalue weighted by Gasteiger charge is 2.35. The molecule has 5 heterocycles. The Morgan fingerprint density at radius 3 is 2.79 bits per heavy atom. The second-order valence-corrected chi connectivity index (χ2v) is 9.09. The summed E-state index contributed by atoms with van der Waals surface area (Å²) < 4.78 is 1.06. The van der Waals surface area contributed by atoms with Crippen molar-refractivity contribution in [3.8, 4) is 0 Å². The Morgan fingerprint density at radius 2 is 2.12 bits per heavy atom. The number of aromatic nitrogens is 1. The maximum atomic E-state index is 12.5. The summed E-state index contributed by atoms with van der Waals surface area (Å²) in [5.74, 6) is 0.695. The molecule has 0 spiro atoms. The SMILES string of the molecule is O=C(NC1CN2CCC1CC2)c1ccc(Sc2ccc(Cl)cn2)s1. The third kappa shape index (κ3) is 3.61. The van der Waals surface area contributed by atoms with E-state index in [4.69, 9.17) is 11.6 Å². The van der Waals surface area contributed by atoms with E-state index in [0.717, 1.165) is 20.7 Å². The Labute approximate surface area is 154 Å². The van der Waals surface area contributed by atoms with Crippen LogP contribution in [0, 0.1) is 5.92 Å². The van der Waals surface area contributed by atoms with Crippen molar-refractivity contribution >= 4 is 40.6 Å². The highest BCUT2D eigenvalue weighted by Crippen LogP contribution is 2.33.